The zero-order valence-corrected chi connectivity index (χ0v) is 16.5. The van der Waals surface area contributed by atoms with Crippen molar-refractivity contribution in [3.63, 3.8) is 0 Å². The molecule has 3 aromatic heterocycles. The first-order valence-electron chi connectivity index (χ1n) is 8.69. The summed E-state index contributed by atoms with van der Waals surface area (Å²) in [6, 6.07) is -1.35. The summed E-state index contributed by atoms with van der Waals surface area (Å²) in [5, 5.41) is 24.7. The molecule has 0 aromatic carbocycles. The number of nitrogens with two attached hydrogens (primary N) is 1. The number of aliphatic carboxylic acids is 2. The number of fused-ring (bicyclic) bond motifs is 1. The summed E-state index contributed by atoms with van der Waals surface area (Å²) in [6.45, 7) is 0.137. The van der Waals surface area contributed by atoms with Crippen LogP contribution in [0.2, 0.25) is 0 Å². The number of carbonyl (C=O) groups excluding carboxylic acids is 1. The van der Waals surface area contributed by atoms with Gasteiger partial charge in [0.25, 0.3) is 11.5 Å². The number of H-pyrrole nitrogens is 1. The number of amides is 1. The van der Waals surface area contributed by atoms with E-state index < -0.39 is 35.9 Å². The number of nitrogens with zero attached hydrogens (tertiary/aromatic N) is 4. The lowest BCUT2D eigenvalue weighted by atomic mass is 10.1. The van der Waals surface area contributed by atoms with Crippen molar-refractivity contribution in [1.29, 1.82) is 0 Å². The van der Waals surface area contributed by atoms with Crippen molar-refractivity contribution in [2.24, 2.45) is 0 Å². The quantitative estimate of drug-likeness (QED) is 0.241. The van der Waals surface area contributed by atoms with Crippen molar-refractivity contribution in [3.05, 3.63) is 33.3 Å². The number of hydrogen-bond acceptors (Lipinski definition) is 11. The zero-order chi connectivity index (χ0) is 22.5. The highest BCUT2D eigenvalue weighted by Gasteiger charge is 2.23. The molecule has 0 saturated heterocycles. The Morgan fingerprint density at radius 2 is 2.00 bits per heavy atom. The molecular formula is C16H16N8O6S. The maximum absolute atomic E-state index is 12.2. The number of rotatable bonds is 9. The molecule has 1 amide bonds. The van der Waals surface area contributed by atoms with Crippen molar-refractivity contribution < 1.29 is 24.6 Å². The fraction of sp³-hybridized carbons (Fsp3) is 0.250. The number of nitrogens with one attached hydrogen (secondary N) is 3. The molecule has 0 radical (unpaired) electrons. The van der Waals surface area contributed by atoms with Crippen LogP contribution in [0.4, 0.5) is 11.1 Å². The van der Waals surface area contributed by atoms with Gasteiger partial charge in [-0.15, -0.1) is 11.3 Å². The molecule has 3 rings (SSSR count). The molecule has 0 fully saturated rings. The van der Waals surface area contributed by atoms with E-state index in [9.17, 15) is 19.2 Å². The number of hydrogen-bond donors (Lipinski definition) is 6. The van der Waals surface area contributed by atoms with Crippen LogP contribution in [0.5, 0.6) is 0 Å². The summed E-state index contributed by atoms with van der Waals surface area (Å²) in [4.78, 5) is 64.4. The predicted molar refractivity (Wildman–Crippen MR) is 108 cm³/mol. The summed E-state index contributed by atoms with van der Waals surface area (Å²) >= 11 is 1.09. The Labute approximate surface area is 176 Å². The SMILES string of the molecule is Nc1nc2ncc(CNc3nc(C(=O)NC(CCC(=O)O)C(=O)O)cs3)nc2c(=O)[nH]1. The van der Waals surface area contributed by atoms with Crippen LogP contribution in [0.1, 0.15) is 29.0 Å². The number of thiazole rings is 1. The first-order valence-corrected chi connectivity index (χ1v) is 9.57. The topological polar surface area (TPSA) is 226 Å². The summed E-state index contributed by atoms with van der Waals surface area (Å²) in [7, 11) is 0. The highest BCUT2D eigenvalue weighted by molar-refractivity contribution is 7.13. The molecule has 0 aliphatic rings. The molecule has 0 spiro atoms. The van der Waals surface area contributed by atoms with Crippen LogP contribution < -0.4 is 21.9 Å². The molecule has 0 saturated carbocycles. The molecule has 0 aliphatic carbocycles. The monoisotopic (exact) mass is 448 g/mol. The molecule has 1 atom stereocenters. The van der Waals surface area contributed by atoms with E-state index in [4.69, 9.17) is 15.9 Å². The second kappa shape index (κ2) is 9.12. The number of aromatic nitrogens is 5. The van der Waals surface area contributed by atoms with Crippen LogP contribution in [-0.4, -0.2) is 59.0 Å². The van der Waals surface area contributed by atoms with Gasteiger partial charge in [0.2, 0.25) is 5.95 Å². The van der Waals surface area contributed by atoms with Crippen molar-refractivity contribution in [2.45, 2.75) is 25.4 Å². The minimum Gasteiger partial charge on any atom is -0.481 e. The average molecular weight is 448 g/mol. The van der Waals surface area contributed by atoms with Crippen LogP contribution >= 0.6 is 11.3 Å². The average Bonchev–Trinajstić information content (AvgIpc) is 3.18. The van der Waals surface area contributed by atoms with Crippen molar-refractivity contribution in [2.75, 3.05) is 11.1 Å². The van der Waals surface area contributed by atoms with Crippen LogP contribution in [0.3, 0.4) is 0 Å². The fourth-order valence-corrected chi connectivity index (χ4v) is 3.13. The van der Waals surface area contributed by atoms with Gasteiger partial charge in [-0.25, -0.2) is 19.7 Å². The number of aromatic amines is 1. The summed E-state index contributed by atoms with van der Waals surface area (Å²) in [6.07, 6.45) is 0.743. The van der Waals surface area contributed by atoms with Gasteiger partial charge in [-0.05, 0) is 6.42 Å². The molecule has 15 heteroatoms. The van der Waals surface area contributed by atoms with Crippen LogP contribution in [0.25, 0.3) is 11.2 Å². The minimum absolute atomic E-state index is 0.0220. The molecular weight excluding hydrogens is 432 g/mol. The predicted octanol–water partition coefficient (Wildman–Crippen LogP) is -0.588. The second-order valence-corrected chi connectivity index (χ2v) is 7.03. The van der Waals surface area contributed by atoms with E-state index in [1.807, 2.05) is 0 Å². The Kier molecular flexibility index (Phi) is 6.35. The number of nitrogen functional groups attached to an aromatic ring is 1. The number of carboxylic acid groups (broad SMARTS) is 2. The van der Waals surface area contributed by atoms with Crippen molar-refractivity contribution >= 4 is 51.4 Å². The highest BCUT2D eigenvalue weighted by atomic mass is 32.1. The van der Waals surface area contributed by atoms with E-state index in [2.05, 4.69) is 35.6 Å². The van der Waals surface area contributed by atoms with E-state index >= 15 is 0 Å². The van der Waals surface area contributed by atoms with E-state index in [0.29, 0.717) is 10.8 Å². The van der Waals surface area contributed by atoms with Crippen LogP contribution in [-0.2, 0) is 16.1 Å². The first kappa shape index (κ1) is 21.6. The summed E-state index contributed by atoms with van der Waals surface area (Å²) in [5.41, 5.74) is 5.43. The van der Waals surface area contributed by atoms with Gasteiger partial charge in [-0.3, -0.25) is 19.4 Å². The number of carbonyl (C=O) groups is 3. The standard InChI is InChI=1S/C16H16N8O6S/c17-15-23-11-10(13(28)24-15)20-6(3-18-11)4-19-16-22-8(5-31-16)12(27)21-7(14(29)30)1-2-9(25)26/h3,5,7H,1-2,4H2,(H,19,22)(H,21,27)(H,25,26)(H,29,30)(H3,17,18,23,24,28). The zero-order valence-electron chi connectivity index (χ0n) is 15.7. The summed E-state index contributed by atoms with van der Waals surface area (Å²) in [5.74, 6) is -3.33. The molecule has 14 nitrogen and oxygen atoms in total. The second-order valence-electron chi connectivity index (χ2n) is 6.17. The van der Waals surface area contributed by atoms with Gasteiger partial charge in [-0.1, -0.05) is 0 Å². The minimum atomic E-state index is -1.35. The van der Waals surface area contributed by atoms with E-state index in [-0.39, 0.29) is 35.8 Å². The van der Waals surface area contributed by atoms with E-state index in [1.165, 1.54) is 11.6 Å². The van der Waals surface area contributed by atoms with Crippen molar-refractivity contribution in [1.82, 2.24) is 30.2 Å². The normalized spacial score (nSPS) is 11.7. The molecule has 0 bridgehead atoms. The third kappa shape index (κ3) is 5.47. The molecule has 3 heterocycles. The fourth-order valence-electron chi connectivity index (χ4n) is 2.44. The number of anilines is 2. The lowest BCUT2D eigenvalue weighted by molar-refractivity contribution is -0.140. The van der Waals surface area contributed by atoms with Gasteiger partial charge in [0.05, 0.1) is 18.4 Å². The van der Waals surface area contributed by atoms with Crippen molar-refractivity contribution in [3.8, 4) is 0 Å². The van der Waals surface area contributed by atoms with Gasteiger partial charge in [-0.2, -0.15) is 4.98 Å². The van der Waals surface area contributed by atoms with Gasteiger partial charge >= 0.3 is 11.9 Å². The Hall–Kier alpha value is -4.14. The smallest absolute Gasteiger partial charge is 0.326 e. The lowest BCUT2D eigenvalue weighted by Crippen LogP contribution is -2.41. The van der Waals surface area contributed by atoms with E-state index in [1.54, 1.807) is 0 Å². The highest BCUT2D eigenvalue weighted by Crippen LogP contribution is 2.17. The maximum atomic E-state index is 12.2. The lowest BCUT2D eigenvalue weighted by Gasteiger charge is -2.12. The Morgan fingerprint density at radius 3 is 2.71 bits per heavy atom. The van der Waals surface area contributed by atoms with E-state index in [0.717, 1.165) is 11.3 Å². The first-order chi connectivity index (χ1) is 14.7. The molecule has 3 aromatic rings. The Morgan fingerprint density at radius 1 is 1.23 bits per heavy atom. The van der Waals surface area contributed by atoms with Crippen LogP contribution in [0, 0.1) is 0 Å². The maximum Gasteiger partial charge on any atom is 0.326 e. The largest absolute Gasteiger partial charge is 0.481 e. The molecule has 0 aliphatic heterocycles. The Bertz CT molecular complexity index is 1210. The molecule has 31 heavy (non-hydrogen) atoms. The summed E-state index contributed by atoms with van der Waals surface area (Å²) < 4.78 is 0. The third-order valence-electron chi connectivity index (χ3n) is 3.89. The molecule has 162 valence electrons. The van der Waals surface area contributed by atoms with Gasteiger partial charge in [0.15, 0.2) is 16.3 Å². The third-order valence-corrected chi connectivity index (χ3v) is 4.69. The van der Waals surface area contributed by atoms with Gasteiger partial charge < -0.3 is 26.6 Å². The molecule has 1 unspecified atom stereocenters. The van der Waals surface area contributed by atoms with Crippen LogP contribution in [0.15, 0.2) is 16.4 Å². The Balaban J connectivity index is 1.63. The van der Waals surface area contributed by atoms with Gasteiger partial charge in [0.1, 0.15) is 11.7 Å². The number of carboxylic acids is 2. The van der Waals surface area contributed by atoms with Gasteiger partial charge in [0, 0.05) is 11.8 Å². The molecule has 7 N–H and O–H groups in total.